The van der Waals surface area contributed by atoms with E-state index >= 15 is 0 Å². The number of fused-ring (bicyclic) bond motifs is 1. The van der Waals surface area contributed by atoms with Gasteiger partial charge in [0, 0.05) is 28.2 Å². The van der Waals surface area contributed by atoms with Crippen molar-refractivity contribution in [2.45, 2.75) is 105 Å². The van der Waals surface area contributed by atoms with Crippen molar-refractivity contribution in [3.63, 3.8) is 0 Å². The van der Waals surface area contributed by atoms with E-state index in [2.05, 4.69) is 83.1 Å². The number of benzene rings is 1. The molecule has 1 aromatic carbocycles. The first-order valence-electron chi connectivity index (χ1n) is 13.6. The predicted octanol–water partition coefficient (Wildman–Crippen LogP) is 7.79. The lowest BCUT2D eigenvalue weighted by atomic mass is 9.59. The van der Waals surface area contributed by atoms with E-state index in [1.165, 1.54) is 0 Å². The van der Waals surface area contributed by atoms with Gasteiger partial charge < -0.3 is 0 Å². The number of pyridine rings is 1. The molecule has 2 aromatic heterocycles. The van der Waals surface area contributed by atoms with Gasteiger partial charge in [0.15, 0.2) is 5.82 Å². The van der Waals surface area contributed by atoms with Crippen LogP contribution in [0.15, 0.2) is 36.5 Å². The standard InChI is InChI=1S/C31H42N4/c1-27(2,3)25-33-24(34-26(35-25)28(4,5)6)20-14-16-23(32-18-20)19-13-15-21-22(17-19)30(9,10)31(11,12)29(21,7)8/h13-18H,1-12H3/i15D,17D. The topological polar surface area (TPSA) is 51.6 Å². The Kier molecular flexibility index (Phi) is 5.01. The number of aromatic nitrogens is 4. The molecule has 0 aliphatic heterocycles. The van der Waals surface area contributed by atoms with E-state index in [1.54, 1.807) is 6.20 Å². The number of rotatable bonds is 2. The summed E-state index contributed by atoms with van der Waals surface area (Å²) < 4.78 is 18.2. The zero-order valence-electron chi connectivity index (χ0n) is 25.6. The van der Waals surface area contributed by atoms with E-state index in [0.717, 1.165) is 28.3 Å². The van der Waals surface area contributed by atoms with E-state index in [4.69, 9.17) is 21.3 Å². The van der Waals surface area contributed by atoms with Gasteiger partial charge in [-0.25, -0.2) is 15.0 Å². The Morgan fingerprint density at radius 3 is 1.71 bits per heavy atom. The maximum Gasteiger partial charge on any atom is 0.164 e. The minimum Gasteiger partial charge on any atom is -0.255 e. The van der Waals surface area contributed by atoms with Crippen LogP contribution in [0.5, 0.6) is 0 Å². The second-order valence-electron chi connectivity index (χ2n) is 13.7. The summed E-state index contributed by atoms with van der Waals surface area (Å²) in [5.74, 6) is 2.12. The molecule has 186 valence electrons. The molecular weight excluding hydrogens is 428 g/mol. The van der Waals surface area contributed by atoms with Crippen LogP contribution in [0, 0.1) is 5.41 Å². The molecule has 0 amide bonds. The van der Waals surface area contributed by atoms with Gasteiger partial charge in [0.05, 0.1) is 8.44 Å². The summed E-state index contributed by atoms with van der Waals surface area (Å²) in [5, 5.41) is 0. The second kappa shape index (κ2) is 7.69. The number of hydrogen-bond donors (Lipinski definition) is 0. The molecule has 0 unspecified atom stereocenters. The molecule has 0 N–H and O–H groups in total. The normalized spacial score (nSPS) is 19.2. The van der Waals surface area contributed by atoms with Gasteiger partial charge >= 0.3 is 0 Å². The molecule has 0 fully saturated rings. The average Bonchev–Trinajstić information content (AvgIpc) is 2.89. The van der Waals surface area contributed by atoms with Crippen LogP contribution in [-0.2, 0) is 21.7 Å². The first-order valence-corrected chi connectivity index (χ1v) is 12.6. The summed E-state index contributed by atoms with van der Waals surface area (Å²) in [4.78, 5) is 19.1. The Hall–Kier alpha value is -2.62. The first kappa shape index (κ1) is 22.8. The molecule has 4 heteroatoms. The van der Waals surface area contributed by atoms with E-state index < -0.39 is 0 Å². The average molecular weight is 473 g/mol. The summed E-state index contributed by atoms with van der Waals surface area (Å²) in [5.41, 5.74) is 3.13. The van der Waals surface area contributed by atoms with Crippen LogP contribution in [-0.4, -0.2) is 19.9 Å². The minimum absolute atomic E-state index is 0.113. The molecule has 0 atom stereocenters. The van der Waals surface area contributed by atoms with E-state index in [0.29, 0.717) is 29.2 Å². The van der Waals surface area contributed by atoms with Crippen LogP contribution in [0.3, 0.4) is 0 Å². The molecular formula is C31H42N4. The van der Waals surface area contributed by atoms with Gasteiger partial charge in [-0.1, -0.05) is 95.2 Å². The zero-order chi connectivity index (χ0) is 27.9. The fourth-order valence-corrected chi connectivity index (χ4v) is 4.82. The van der Waals surface area contributed by atoms with Crippen molar-refractivity contribution < 1.29 is 2.74 Å². The Morgan fingerprint density at radius 1 is 0.686 bits per heavy atom. The van der Waals surface area contributed by atoms with Crippen molar-refractivity contribution in [2.24, 2.45) is 5.41 Å². The van der Waals surface area contributed by atoms with Crippen LogP contribution in [0.1, 0.15) is 109 Å². The third kappa shape index (κ3) is 3.99. The smallest absolute Gasteiger partial charge is 0.164 e. The molecule has 35 heavy (non-hydrogen) atoms. The quantitative estimate of drug-likeness (QED) is 0.382. The first-order chi connectivity index (χ1) is 16.7. The summed E-state index contributed by atoms with van der Waals surface area (Å²) in [6, 6.07) is 6.66. The molecule has 3 aromatic rings. The van der Waals surface area contributed by atoms with E-state index in [9.17, 15) is 1.37 Å². The molecule has 1 aliphatic rings. The summed E-state index contributed by atoms with van der Waals surface area (Å²) >= 11 is 0. The highest BCUT2D eigenvalue weighted by Gasteiger charge is 2.56. The van der Waals surface area contributed by atoms with Crippen LogP contribution in [0.4, 0.5) is 0 Å². The van der Waals surface area contributed by atoms with Crippen molar-refractivity contribution in [1.29, 1.82) is 0 Å². The molecule has 1 aliphatic carbocycles. The Balaban J connectivity index is 1.84. The van der Waals surface area contributed by atoms with Crippen molar-refractivity contribution >= 4 is 0 Å². The lowest BCUT2D eigenvalue weighted by molar-refractivity contribution is 0.125. The van der Waals surface area contributed by atoms with E-state index in [-0.39, 0.29) is 27.1 Å². The highest BCUT2D eigenvalue weighted by Crippen LogP contribution is 2.61. The lowest BCUT2D eigenvalue weighted by Crippen LogP contribution is -2.42. The molecule has 0 spiro atoms. The van der Waals surface area contributed by atoms with Crippen molar-refractivity contribution in [2.75, 3.05) is 0 Å². The Labute approximate surface area is 214 Å². The highest BCUT2D eigenvalue weighted by molar-refractivity contribution is 5.66. The Bertz CT molecular complexity index is 1340. The van der Waals surface area contributed by atoms with Gasteiger partial charge in [-0.15, -0.1) is 0 Å². The largest absolute Gasteiger partial charge is 0.255 e. The molecule has 4 nitrogen and oxygen atoms in total. The van der Waals surface area contributed by atoms with Crippen LogP contribution >= 0.6 is 0 Å². The van der Waals surface area contributed by atoms with Gasteiger partial charge in [-0.3, -0.25) is 4.98 Å². The van der Waals surface area contributed by atoms with Gasteiger partial charge in [0.25, 0.3) is 0 Å². The Morgan fingerprint density at radius 2 is 1.23 bits per heavy atom. The summed E-state index contributed by atoms with van der Waals surface area (Å²) in [6.45, 7) is 26.0. The predicted molar refractivity (Wildman–Crippen MR) is 146 cm³/mol. The van der Waals surface area contributed by atoms with Gasteiger partial charge in [0.1, 0.15) is 11.6 Å². The fraction of sp³-hybridized carbons (Fsp3) is 0.548. The van der Waals surface area contributed by atoms with Crippen LogP contribution in [0.25, 0.3) is 22.6 Å². The van der Waals surface area contributed by atoms with Gasteiger partial charge in [-0.2, -0.15) is 0 Å². The molecule has 4 rings (SSSR count). The van der Waals surface area contributed by atoms with Crippen molar-refractivity contribution in [3.05, 3.63) is 59.3 Å². The van der Waals surface area contributed by atoms with Crippen LogP contribution in [0.2, 0.25) is 0 Å². The SMILES string of the molecule is [2H]c1cc(-c2ccc(-c3nc(C(C)(C)C)nc(C(C)(C)C)n3)cn2)c([2H])c2c1C(C)(C)C(C)(C)C2(C)C. The lowest BCUT2D eigenvalue weighted by Gasteiger charge is -2.44. The monoisotopic (exact) mass is 472 g/mol. The third-order valence-corrected chi connectivity index (χ3v) is 8.52. The van der Waals surface area contributed by atoms with Crippen molar-refractivity contribution in [1.82, 2.24) is 19.9 Å². The number of hydrogen-bond acceptors (Lipinski definition) is 4. The van der Waals surface area contributed by atoms with Crippen molar-refractivity contribution in [3.8, 4) is 22.6 Å². The molecule has 0 saturated heterocycles. The maximum atomic E-state index is 9.23. The zero-order valence-corrected chi connectivity index (χ0v) is 23.6. The van der Waals surface area contributed by atoms with Crippen LogP contribution < -0.4 is 0 Å². The molecule has 0 bridgehead atoms. The highest BCUT2D eigenvalue weighted by atomic mass is 15.1. The van der Waals surface area contributed by atoms with Gasteiger partial charge in [0.2, 0.25) is 0 Å². The second-order valence-corrected chi connectivity index (χ2v) is 13.7. The maximum absolute atomic E-state index is 9.23. The number of nitrogens with zero attached hydrogens (tertiary/aromatic N) is 4. The fourth-order valence-electron chi connectivity index (χ4n) is 4.82. The molecule has 2 heterocycles. The molecule has 0 saturated carbocycles. The summed E-state index contributed by atoms with van der Waals surface area (Å²) in [7, 11) is 0. The third-order valence-electron chi connectivity index (χ3n) is 8.52. The minimum atomic E-state index is -0.258. The van der Waals surface area contributed by atoms with Gasteiger partial charge in [-0.05, 0) is 45.5 Å². The molecule has 0 radical (unpaired) electrons. The van der Waals surface area contributed by atoms with E-state index in [1.807, 2.05) is 18.2 Å². The summed E-state index contributed by atoms with van der Waals surface area (Å²) in [6.07, 6.45) is 1.78.